The lowest BCUT2D eigenvalue weighted by Gasteiger charge is -2.19. The SMILES string of the molecule is c1ccc(-c2cc(-c3ccccc3)c(-c3cc(-c4cccc5c4oc4ccccc45)nc(-c4cccc5c4oc4ccccc45)n3)cc2-c2ccccc2)cc1. The molecule has 0 aliphatic carbocycles. The molecule has 3 aromatic heterocycles. The third kappa shape index (κ3) is 5.31. The molecule has 0 atom stereocenters. The monoisotopic (exact) mass is 716 g/mol. The summed E-state index contributed by atoms with van der Waals surface area (Å²) in [4.78, 5) is 10.8. The molecule has 0 saturated heterocycles. The maximum Gasteiger partial charge on any atom is 0.164 e. The minimum Gasteiger partial charge on any atom is -0.455 e. The summed E-state index contributed by atoms with van der Waals surface area (Å²) < 4.78 is 13.2. The molecule has 4 heteroatoms. The maximum atomic E-state index is 6.60. The molecule has 3 heterocycles. The molecule has 0 radical (unpaired) electrons. The van der Waals surface area contributed by atoms with E-state index in [9.17, 15) is 0 Å². The minimum atomic E-state index is 0.572. The molecule has 11 aromatic rings. The Labute approximate surface area is 323 Å². The lowest BCUT2D eigenvalue weighted by molar-refractivity contribution is 0.669. The number of benzene rings is 8. The van der Waals surface area contributed by atoms with Crippen molar-refractivity contribution in [3.63, 3.8) is 0 Å². The van der Waals surface area contributed by atoms with E-state index in [2.05, 4.69) is 158 Å². The molecule has 0 aliphatic rings. The zero-order valence-corrected chi connectivity index (χ0v) is 30.2. The van der Waals surface area contributed by atoms with E-state index in [0.29, 0.717) is 5.82 Å². The van der Waals surface area contributed by atoms with Crippen LogP contribution < -0.4 is 0 Å². The molecule has 0 bridgehead atoms. The smallest absolute Gasteiger partial charge is 0.164 e. The molecular formula is C52H32N2O2. The molecule has 0 N–H and O–H groups in total. The van der Waals surface area contributed by atoms with Crippen LogP contribution in [0.3, 0.4) is 0 Å². The highest BCUT2D eigenvalue weighted by Gasteiger charge is 2.22. The van der Waals surface area contributed by atoms with Crippen LogP contribution in [0.25, 0.3) is 111 Å². The molecule has 11 rings (SSSR count). The Morgan fingerprint density at radius 3 is 1.21 bits per heavy atom. The third-order valence-corrected chi connectivity index (χ3v) is 10.7. The van der Waals surface area contributed by atoms with Crippen LogP contribution in [0.1, 0.15) is 0 Å². The zero-order valence-electron chi connectivity index (χ0n) is 30.2. The van der Waals surface area contributed by atoms with Gasteiger partial charge in [0.2, 0.25) is 0 Å². The third-order valence-electron chi connectivity index (χ3n) is 10.7. The van der Waals surface area contributed by atoms with Crippen LogP contribution >= 0.6 is 0 Å². The van der Waals surface area contributed by atoms with Gasteiger partial charge in [-0.1, -0.05) is 152 Å². The number of aromatic nitrogens is 2. The van der Waals surface area contributed by atoms with Crippen LogP contribution in [0.4, 0.5) is 0 Å². The first kappa shape index (κ1) is 31.9. The van der Waals surface area contributed by atoms with Gasteiger partial charge in [0.15, 0.2) is 5.82 Å². The van der Waals surface area contributed by atoms with Crippen molar-refractivity contribution in [1.29, 1.82) is 0 Å². The number of para-hydroxylation sites is 4. The molecule has 0 amide bonds. The molecule has 4 nitrogen and oxygen atoms in total. The van der Waals surface area contributed by atoms with Crippen molar-refractivity contribution in [1.82, 2.24) is 9.97 Å². The fourth-order valence-corrected chi connectivity index (χ4v) is 8.10. The lowest BCUT2D eigenvalue weighted by atomic mass is 9.86. The van der Waals surface area contributed by atoms with Gasteiger partial charge in [-0.2, -0.15) is 0 Å². The van der Waals surface area contributed by atoms with E-state index in [-0.39, 0.29) is 0 Å². The standard InChI is InChI=1S/C52H32N2O2/c1-4-16-33(17-5-1)42-30-44(35-20-8-3-9-21-35)45(31-43(42)34-18-6-2-7-19-34)47-32-46(40-26-14-24-38-36-22-10-12-28-48(36)55-50(38)40)53-52(54-47)41-27-15-25-39-37-23-11-13-29-49(37)56-51(39)41/h1-32H. The van der Waals surface area contributed by atoms with Gasteiger partial charge in [-0.3, -0.25) is 0 Å². The van der Waals surface area contributed by atoms with Gasteiger partial charge in [-0.25, -0.2) is 9.97 Å². The Kier molecular flexibility index (Phi) is 7.46. The second-order valence-electron chi connectivity index (χ2n) is 14.1. The van der Waals surface area contributed by atoms with Gasteiger partial charge in [0.1, 0.15) is 22.3 Å². The fraction of sp³-hybridized carbons (Fsp3) is 0. The summed E-state index contributed by atoms with van der Waals surface area (Å²) in [6.07, 6.45) is 0. The summed E-state index contributed by atoms with van der Waals surface area (Å²) >= 11 is 0. The summed E-state index contributed by atoms with van der Waals surface area (Å²) in [6.45, 7) is 0. The van der Waals surface area contributed by atoms with Crippen molar-refractivity contribution in [2.45, 2.75) is 0 Å². The van der Waals surface area contributed by atoms with Crippen molar-refractivity contribution >= 4 is 43.9 Å². The Morgan fingerprint density at radius 1 is 0.286 bits per heavy atom. The molecule has 8 aromatic carbocycles. The van der Waals surface area contributed by atoms with Crippen LogP contribution in [0.2, 0.25) is 0 Å². The average Bonchev–Trinajstić information content (AvgIpc) is 3.85. The highest BCUT2D eigenvalue weighted by atomic mass is 16.3. The van der Waals surface area contributed by atoms with E-state index in [0.717, 1.165) is 105 Å². The predicted octanol–water partition coefficient (Wildman–Crippen LogP) is 14.3. The quantitative estimate of drug-likeness (QED) is 0.172. The normalized spacial score (nSPS) is 11.6. The Hall–Kier alpha value is -7.56. The van der Waals surface area contributed by atoms with Crippen molar-refractivity contribution in [2.24, 2.45) is 0 Å². The van der Waals surface area contributed by atoms with E-state index in [1.54, 1.807) is 0 Å². The number of furan rings is 2. The molecule has 0 unspecified atom stereocenters. The highest BCUT2D eigenvalue weighted by Crippen LogP contribution is 2.44. The molecule has 0 aliphatic heterocycles. The summed E-state index contributed by atoms with van der Waals surface area (Å²) in [7, 11) is 0. The molecule has 56 heavy (non-hydrogen) atoms. The summed E-state index contributed by atoms with van der Waals surface area (Å²) in [5.41, 5.74) is 14.2. The molecule has 0 fully saturated rings. The van der Waals surface area contributed by atoms with Gasteiger partial charge < -0.3 is 8.83 Å². The summed E-state index contributed by atoms with van der Waals surface area (Å²) in [5.74, 6) is 0.572. The molecular weight excluding hydrogens is 685 g/mol. The Balaban J connectivity index is 1.24. The summed E-state index contributed by atoms with van der Waals surface area (Å²) in [5, 5.41) is 4.20. The Bertz CT molecular complexity index is 3100. The second kappa shape index (κ2) is 13.1. The molecule has 0 saturated carbocycles. The zero-order chi connectivity index (χ0) is 37.0. The van der Waals surface area contributed by atoms with Crippen LogP contribution in [0, 0.1) is 0 Å². The number of rotatable bonds is 6. The van der Waals surface area contributed by atoms with Crippen LogP contribution in [0.5, 0.6) is 0 Å². The van der Waals surface area contributed by atoms with E-state index in [4.69, 9.17) is 18.8 Å². The predicted molar refractivity (Wildman–Crippen MR) is 229 cm³/mol. The number of nitrogens with zero attached hydrogens (tertiary/aromatic N) is 2. The number of hydrogen-bond acceptors (Lipinski definition) is 4. The van der Waals surface area contributed by atoms with Crippen LogP contribution in [-0.2, 0) is 0 Å². The number of hydrogen-bond donors (Lipinski definition) is 0. The van der Waals surface area contributed by atoms with E-state index >= 15 is 0 Å². The first-order chi connectivity index (χ1) is 27.8. The van der Waals surface area contributed by atoms with Crippen molar-refractivity contribution < 1.29 is 8.83 Å². The van der Waals surface area contributed by atoms with Gasteiger partial charge in [-0.15, -0.1) is 0 Å². The lowest BCUT2D eigenvalue weighted by Crippen LogP contribution is -1.99. The van der Waals surface area contributed by atoms with Gasteiger partial charge in [0, 0.05) is 32.7 Å². The van der Waals surface area contributed by atoms with E-state index < -0.39 is 0 Å². The highest BCUT2D eigenvalue weighted by molar-refractivity contribution is 6.11. The first-order valence-corrected chi connectivity index (χ1v) is 18.8. The topological polar surface area (TPSA) is 52.1 Å². The van der Waals surface area contributed by atoms with Crippen molar-refractivity contribution in [3.8, 4) is 67.3 Å². The van der Waals surface area contributed by atoms with Gasteiger partial charge >= 0.3 is 0 Å². The van der Waals surface area contributed by atoms with Gasteiger partial charge in [-0.05, 0) is 75.8 Å². The average molecular weight is 717 g/mol. The van der Waals surface area contributed by atoms with Gasteiger partial charge in [0.25, 0.3) is 0 Å². The van der Waals surface area contributed by atoms with Crippen molar-refractivity contribution in [3.05, 3.63) is 194 Å². The number of fused-ring (bicyclic) bond motifs is 6. The minimum absolute atomic E-state index is 0.572. The van der Waals surface area contributed by atoms with Crippen LogP contribution in [-0.4, -0.2) is 9.97 Å². The van der Waals surface area contributed by atoms with E-state index in [1.807, 2.05) is 36.4 Å². The van der Waals surface area contributed by atoms with Gasteiger partial charge in [0.05, 0.1) is 17.0 Å². The van der Waals surface area contributed by atoms with Crippen LogP contribution in [0.15, 0.2) is 203 Å². The summed E-state index contributed by atoms with van der Waals surface area (Å²) in [6, 6.07) is 67.4. The first-order valence-electron chi connectivity index (χ1n) is 18.8. The largest absolute Gasteiger partial charge is 0.455 e. The fourth-order valence-electron chi connectivity index (χ4n) is 8.10. The van der Waals surface area contributed by atoms with Crippen molar-refractivity contribution in [2.75, 3.05) is 0 Å². The Morgan fingerprint density at radius 2 is 0.679 bits per heavy atom. The molecule has 0 spiro atoms. The molecule has 262 valence electrons. The second-order valence-corrected chi connectivity index (χ2v) is 14.1. The maximum absolute atomic E-state index is 6.60. The van der Waals surface area contributed by atoms with E-state index in [1.165, 1.54) is 0 Å².